The highest BCUT2D eigenvalue weighted by atomic mass is 19.4. The maximum atomic E-state index is 14.3. The van der Waals surface area contributed by atoms with Crippen molar-refractivity contribution < 1.29 is 31.5 Å². The molecular weight excluding hydrogens is 443 g/mol. The number of fused-ring (bicyclic) bond motifs is 1. The van der Waals surface area contributed by atoms with Crippen LogP contribution in [0.3, 0.4) is 0 Å². The fraction of sp³-hybridized carbons (Fsp3) is 0.708. The summed E-state index contributed by atoms with van der Waals surface area (Å²) in [6.45, 7) is 4.77. The number of amides is 1. The number of carbonyl (C=O) groups excluding carboxylic acids is 1. The van der Waals surface area contributed by atoms with Crippen LogP contribution in [0.1, 0.15) is 56.2 Å². The number of nitrogens with one attached hydrogen (secondary N) is 1. The minimum absolute atomic E-state index is 0.00676. The molecule has 1 aromatic carbocycles. The van der Waals surface area contributed by atoms with Gasteiger partial charge >= 0.3 is 6.18 Å². The average Bonchev–Trinajstić information content (AvgIpc) is 3.19. The number of nitrogens with zero attached hydrogens (tertiary/aromatic N) is 1. The van der Waals surface area contributed by atoms with Crippen LogP contribution in [0.5, 0.6) is 0 Å². The maximum Gasteiger partial charge on any atom is 0.416 e. The van der Waals surface area contributed by atoms with E-state index in [1.54, 1.807) is 4.90 Å². The van der Waals surface area contributed by atoms with Crippen LogP contribution < -0.4 is 5.32 Å². The highest BCUT2D eigenvalue weighted by Gasteiger charge is 2.50. The van der Waals surface area contributed by atoms with E-state index in [0.717, 1.165) is 12.5 Å². The van der Waals surface area contributed by atoms with Crippen LogP contribution >= 0.6 is 0 Å². The molecule has 9 heteroatoms. The molecule has 2 aliphatic heterocycles. The van der Waals surface area contributed by atoms with Crippen molar-refractivity contribution in [2.45, 2.75) is 76.9 Å². The van der Waals surface area contributed by atoms with Crippen LogP contribution in [-0.4, -0.2) is 48.8 Å². The normalized spacial score (nSPS) is 30.5. The summed E-state index contributed by atoms with van der Waals surface area (Å²) in [4.78, 5) is 15.3. The molecule has 4 rings (SSSR count). The molecule has 1 saturated heterocycles. The largest absolute Gasteiger partial charge is 0.416 e. The monoisotopic (exact) mass is 474 g/mol. The molecule has 2 fully saturated rings. The number of alkyl halides is 4. The summed E-state index contributed by atoms with van der Waals surface area (Å²) >= 11 is 0. The maximum absolute atomic E-state index is 14.3. The number of rotatable bonds is 4. The first kappa shape index (κ1) is 24.4. The number of hydrogen-bond donors (Lipinski definition) is 1. The van der Waals surface area contributed by atoms with Crippen molar-refractivity contribution in [3.63, 3.8) is 0 Å². The van der Waals surface area contributed by atoms with Crippen molar-refractivity contribution in [2.24, 2.45) is 11.3 Å². The molecule has 33 heavy (non-hydrogen) atoms. The Labute approximate surface area is 190 Å². The van der Waals surface area contributed by atoms with E-state index in [4.69, 9.17) is 4.74 Å². The molecule has 4 nitrogen and oxygen atoms in total. The quantitative estimate of drug-likeness (QED) is 0.647. The van der Waals surface area contributed by atoms with E-state index in [2.05, 4.69) is 5.32 Å². The smallest absolute Gasteiger partial charge is 0.378 e. The molecule has 184 valence electrons. The highest BCUT2D eigenvalue weighted by molar-refractivity contribution is 5.84. The number of hydrogen-bond acceptors (Lipinski definition) is 3. The van der Waals surface area contributed by atoms with Crippen molar-refractivity contribution >= 4 is 5.91 Å². The molecular formula is C24H31F5N2O2. The Morgan fingerprint density at radius 3 is 2.70 bits per heavy atom. The number of ether oxygens (including phenoxy) is 1. The van der Waals surface area contributed by atoms with Crippen LogP contribution in [-0.2, 0) is 28.7 Å². The lowest BCUT2D eigenvalue weighted by Gasteiger charge is -2.40. The Morgan fingerprint density at radius 1 is 1.27 bits per heavy atom. The van der Waals surface area contributed by atoms with Crippen LogP contribution in [0.4, 0.5) is 22.0 Å². The molecule has 2 unspecified atom stereocenters. The van der Waals surface area contributed by atoms with Crippen LogP contribution in [0, 0.1) is 17.2 Å². The van der Waals surface area contributed by atoms with Gasteiger partial charge in [0.1, 0.15) is 12.0 Å². The molecule has 0 radical (unpaired) electrons. The molecule has 0 spiro atoms. The van der Waals surface area contributed by atoms with Gasteiger partial charge in [-0.15, -0.1) is 0 Å². The molecule has 4 atom stereocenters. The number of benzene rings is 1. The summed E-state index contributed by atoms with van der Waals surface area (Å²) in [5.74, 6) is -0.964. The van der Waals surface area contributed by atoms with Gasteiger partial charge in [0.25, 0.3) is 0 Å². The van der Waals surface area contributed by atoms with Crippen molar-refractivity contribution in [1.82, 2.24) is 10.2 Å². The van der Waals surface area contributed by atoms with Crippen molar-refractivity contribution in [3.05, 3.63) is 34.6 Å². The second-order valence-electron chi connectivity index (χ2n) is 9.97. The summed E-state index contributed by atoms with van der Waals surface area (Å²) in [5.41, 5.74) is -1.23. The van der Waals surface area contributed by atoms with Gasteiger partial charge in [-0.05, 0) is 61.3 Å². The van der Waals surface area contributed by atoms with E-state index in [1.165, 1.54) is 0 Å². The topological polar surface area (TPSA) is 41.6 Å². The summed E-state index contributed by atoms with van der Waals surface area (Å²) in [7, 11) is 0. The summed E-state index contributed by atoms with van der Waals surface area (Å²) in [5, 5.41) is 3.38. The lowest BCUT2D eigenvalue weighted by Crippen LogP contribution is -2.50. The molecule has 1 aromatic rings. The van der Waals surface area contributed by atoms with Crippen molar-refractivity contribution in [2.75, 3.05) is 19.8 Å². The first-order chi connectivity index (χ1) is 15.5. The van der Waals surface area contributed by atoms with Crippen molar-refractivity contribution in [1.29, 1.82) is 0 Å². The molecule has 1 N–H and O–H groups in total. The summed E-state index contributed by atoms with van der Waals surface area (Å²) < 4.78 is 73.3. The van der Waals surface area contributed by atoms with E-state index in [0.29, 0.717) is 31.9 Å². The van der Waals surface area contributed by atoms with Crippen molar-refractivity contribution in [3.8, 4) is 0 Å². The van der Waals surface area contributed by atoms with Gasteiger partial charge in [0.2, 0.25) is 5.91 Å². The van der Waals surface area contributed by atoms with Crippen LogP contribution in [0.2, 0.25) is 0 Å². The highest BCUT2D eigenvalue weighted by Crippen LogP contribution is 2.47. The SMILES string of the molecule is CC(C)[C@]1(C(=O)N2CCc3c(F)cc(C(F)(F)F)cc3C2)CC[C@@H](NC2CCOCC2F)C1. The molecule has 3 aliphatic rings. The van der Waals surface area contributed by atoms with E-state index >= 15 is 0 Å². The number of halogens is 5. The molecule has 1 aliphatic carbocycles. The van der Waals surface area contributed by atoms with E-state index in [9.17, 15) is 26.7 Å². The average molecular weight is 475 g/mol. The lowest BCUT2D eigenvalue weighted by atomic mass is 9.73. The first-order valence-electron chi connectivity index (χ1n) is 11.7. The van der Waals surface area contributed by atoms with Crippen LogP contribution in [0.15, 0.2) is 12.1 Å². The Hall–Kier alpha value is -1.74. The molecule has 0 aromatic heterocycles. The van der Waals surface area contributed by atoms with Gasteiger partial charge < -0.3 is 15.0 Å². The molecule has 2 heterocycles. The van der Waals surface area contributed by atoms with Gasteiger partial charge in [-0.1, -0.05) is 13.8 Å². The second-order valence-corrected chi connectivity index (χ2v) is 9.97. The zero-order valence-corrected chi connectivity index (χ0v) is 19.0. The summed E-state index contributed by atoms with van der Waals surface area (Å²) in [6.07, 6.45) is -3.06. The Morgan fingerprint density at radius 2 is 2.03 bits per heavy atom. The van der Waals surface area contributed by atoms with Gasteiger partial charge in [0.15, 0.2) is 0 Å². The van der Waals surface area contributed by atoms with Gasteiger partial charge in [-0.3, -0.25) is 4.79 Å². The third-order valence-electron chi connectivity index (χ3n) is 7.71. The Kier molecular flexibility index (Phi) is 6.75. The van der Waals surface area contributed by atoms with E-state index in [1.807, 2.05) is 13.8 Å². The zero-order valence-electron chi connectivity index (χ0n) is 19.0. The predicted octanol–water partition coefficient (Wildman–Crippen LogP) is 4.64. The van der Waals surface area contributed by atoms with Crippen LogP contribution in [0.25, 0.3) is 0 Å². The second kappa shape index (κ2) is 9.13. The molecule has 1 saturated carbocycles. The fourth-order valence-electron chi connectivity index (χ4n) is 5.68. The zero-order chi connectivity index (χ0) is 24.0. The lowest BCUT2D eigenvalue weighted by molar-refractivity contribution is -0.146. The third-order valence-corrected chi connectivity index (χ3v) is 7.71. The standard InChI is InChI=1S/C24H31F5N2O2/c1-14(2)23(6-3-17(11-23)30-21-5-8-33-13-20(21)26)22(32)31-7-4-18-15(12-31)9-16(10-19(18)25)24(27,28)29/h9-10,14,17,20-21,30H,3-8,11-13H2,1-2H3/t17-,20?,21?,23+/m1/s1. The fourth-order valence-corrected chi connectivity index (χ4v) is 5.68. The molecule has 0 bridgehead atoms. The Balaban J connectivity index is 1.51. The summed E-state index contributed by atoms with van der Waals surface area (Å²) in [6, 6.07) is 1.19. The number of carbonyl (C=O) groups is 1. The minimum Gasteiger partial charge on any atom is -0.378 e. The first-order valence-corrected chi connectivity index (χ1v) is 11.7. The van der Waals surface area contributed by atoms with Gasteiger partial charge in [0.05, 0.1) is 17.6 Å². The Bertz CT molecular complexity index is 890. The van der Waals surface area contributed by atoms with Gasteiger partial charge in [0, 0.05) is 31.8 Å². The van der Waals surface area contributed by atoms with E-state index in [-0.39, 0.29) is 61.2 Å². The molecule has 1 amide bonds. The van der Waals surface area contributed by atoms with E-state index < -0.39 is 29.1 Å². The van der Waals surface area contributed by atoms with Gasteiger partial charge in [-0.2, -0.15) is 13.2 Å². The van der Waals surface area contributed by atoms with Gasteiger partial charge in [-0.25, -0.2) is 8.78 Å². The minimum atomic E-state index is -4.65. The predicted molar refractivity (Wildman–Crippen MR) is 113 cm³/mol. The third kappa shape index (κ3) is 4.76.